The molecule has 0 aromatic heterocycles. The van der Waals surface area contributed by atoms with Gasteiger partial charge in [0.05, 0.1) is 11.0 Å². The number of nitro benzene ring substituents is 1. The maximum atomic E-state index is 12.5. The number of anilines is 1. The molecular weight excluding hydrogens is 286 g/mol. The number of carbonyl (C=O) groups is 1. The van der Waals surface area contributed by atoms with Crippen LogP contribution in [0, 0.1) is 10.1 Å². The van der Waals surface area contributed by atoms with Crippen LogP contribution >= 0.6 is 0 Å². The van der Waals surface area contributed by atoms with Crippen LogP contribution in [0.3, 0.4) is 0 Å². The van der Waals surface area contributed by atoms with Gasteiger partial charge in [-0.25, -0.2) is 4.79 Å². The molecule has 0 radical (unpaired) electrons. The molecule has 0 aliphatic carbocycles. The van der Waals surface area contributed by atoms with Gasteiger partial charge in [-0.15, -0.1) is 0 Å². The lowest BCUT2D eigenvalue weighted by atomic mass is 10.1. The number of amides is 1. The van der Waals surface area contributed by atoms with Crippen LogP contribution in [0.1, 0.15) is 27.2 Å². The molecule has 7 nitrogen and oxygen atoms in total. The lowest BCUT2D eigenvalue weighted by Gasteiger charge is -2.31. The van der Waals surface area contributed by atoms with E-state index in [1.54, 1.807) is 17.0 Å². The second-order valence-electron chi connectivity index (χ2n) is 6.27. The predicted molar refractivity (Wildman–Crippen MR) is 83.1 cm³/mol. The molecule has 1 aliphatic rings. The number of nitrogens with zero attached hydrogens (tertiary/aromatic N) is 2. The molecule has 1 unspecified atom stereocenters. The number of carbonyl (C=O) groups excluding carboxylic acids is 1. The second-order valence-corrected chi connectivity index (χ2v) is 6.27. The van der Waals surface area contributed by atoms with Gasteiger partial charge in [-0.3, -0.25) is 15.0 Å². The second kappa shape index (κ2) is 6.31. The molecule has 7 heteroatoms. The van der Waals surface area contributed by atoms with Crippen LogP contribution < -0.4 is 10.2 Å². The predicted octanol–water partition coefficient (Wildman–Crippen LogP) is 2.70. The molecule has 1 aromatic carbocycles. The third kappa shape index (κ3) is 3.94. The maximum absolute atomic E-state index is 12.5. The van der Waals surface area contributed by atoms with Crippen LogP contribution in [0.25, 0.3) is 0 Å². The van der Waals surface area contributed by atoms with E-state index in [1.807, 2.05) is 20.8 Å². The Hall–Kier alpha value is -2.15. The van der Waals surface area contributed by atoms with Crippen molar-refractivity contribution in [3.8, 4) is 0 Å². The molecule has 2 rings (SSSR count). The van der Waals surface area contributed by atoms with Gasteiger partial charge in [0, 0.05) is 24.4 Å². The molecule has 1 fully saturated rings. The molecule has 1 aromatic rings. The first-order valence-electron chi connectivity index (χ1n) is 7.25. The van der Waals surface area contributed by atoms with E-state index >= 15 is 0 Å². The van der Waals surface area contributed by atoms with Crippen molar-refractivity contribution in [3.05, 3.63) is 34.4 Å². The number of hydrogen-bond donors (Lipinski definition) is 1. The molecule has 0 bridgehead atoms. The van der Waals surface area contributed by atoms with Crippen LogP contribution in [0.15, 0.2) is 24.3 Å². The van der Waals surface area contributed by atoms with Crippen LogP contribution in [0.5, 0.6) is 0 Å². The number of benzene rings is 1. The van der Waals surface area contributed by atoms with Gasteiger partial charge in [-0.2, -0.15) is 0 Å². The molecule has 1 amide bonds. The van der Waals surface area contributed by atoms with E-state index in [9.17, 15) is 14.9 Å². The van der Waals surface area contributed by atoms with Crippen LogP contribution in [0.4, 0.5) is 16.2 Å². The fraction of sp³-hybridized carbons (Fsp3) is 0.533. The summed E-state index contributed by atoms with van der Waals surface area (Å²) in [6, 6.07) is 5.95. The number of nitro groups is 1. The Labute approximate surface area is 129 Å². The molecule has 1 atom stereocenters. The van der Waals surface area contributed by atoms with Crippen LogP contribution in [-0.2, 0) is 4.74 Å². The molecule has 0 spiro atoms. The average molecular weight is 307 g/mol. The summed E-state index contributed by atoms with van der Waals surface area (Å²) >= 11 is 0. The molecule has 1 heterocycles. The largest absolute Gasteiger partial charge is 0.443 e. The third-order valence-electron chi connectivity index (χ3n) is 3.33. The maximum Gasteiger partial charge on any atom is 0.415 e. The quantitative estimate of drug-likeness (QED) is 0.685. The summed E-state index contributed by atoms with van der Waals surface area (Å²) in [5.74, 6) is 0. The fourth-order valence-corrected chi connectivity index (χ4v) is 2.37. The van der Waals surface area contributed by atoms with E-state index in [4.69, 9.17) is 4.74 Å². The molecule has 1 aliphatic heterocycles. The lowest BCUT2D eigenvalue weighted by Crippen LogP contribution is -2.44. The first-order chi connectivity index (χ1) is 10.3. The number of nitrogens with one attached hydrogen (secondary N) is 1. The van der Waals surface area contributed by atoms with E-state index in [-0.39, 0.29) is 11.7 Å². The summed E-state index contributed by atoms with van der Waals surface area (Å²) < 4.78 is 5.47. The van der Waals surface area contributed by atoms with E-state index in [1.165, 1.54) is 12.1 Å². The fourth-order valence-electron chi connectivity index (χ4n) is 2.37. The molecular formula is C15H21N3O4. The van der Waals surface area contributed by atoms with Crippen molar-refractivity contribution in [2.24, 2.45) is 0 Å². The Morgan fingerprint density at radius 1 is 1.36 bits per heavy atom. The summed E-state index contributed by atoms with van der Waals surface area (Å²) in [6.07, 6.45) is 0.381. The van der Waals surface area contributed by atoms with E-state index in [0.29, 0.717) is 12.2 Å². The van der Waals surface area contributed by atoms with Gasteiger partial charge in [0.2, 0.25) is 0 Å². The first kappa shape index (κ1) is 16.2. The lowest BCUT2D eigenvalue weighted by molar-refractivity contribution is -0.384. The van der Waals surface area contributed by atoms with Crippen molar-refractivity contribution in [2.75, 3.05) is 18.0 Å². The van der Waals surface area contributed by atoms with Crippen molar-refractivity contribution in [2.45, 2.75) is 38.8 Å². The summed E-state index contributed by atoms with van der Waals surface area (Å²) in [5, 5.41) is 14.0. The highest BCUT2D eigenvalue weighted by Gasteiger charge is 2.31. The van der Waals surface area contributed by atoms with Gasteiger partial charge in [-0.1, -0.05) is 0 Å². The van der Waals surface area contributed by atoms with Gasteiger partial charge in [-0.05, 0) is 45.9 Å². The van der Waals surface area contributed by atoms with Crippen molar-refractivity contribution >= 4 is 17.5 Å². The topological polar surface area (TPSA) is 84.7 Å². The highest BCUT2D eigenvalue weighted by Crippen LogP contribution is 2.25. The monoisotopic (exact) mass is 307 g/mol. The minimum absolute atomic E-state index is 0.00237. The van der Waals surface area contributed by atoms with Crippen molar-refractivity contribution in [1.29, 1.82) is 0 Å². The zero-order valence-corrected chi connectivity index (χ0v) is 13.0. The molecule has 120 valence electrons. The number of non-ortho nitro benzene ring substituents is 1. The number of rotatable bonds is 3. The minimum atomic E-state index is -0.595. The summed E-state index contributed by atoms with van der Waals surface area (Å²) in [6.45, 7) is 6.94. The van der Waals surface area contributed by atoms with Crippen LogP contribution in [0.2, 0.25) is 0 Å². The van der Waals surface area contributed by atoms with Gasteiger partial charge < -0.3 is 10.1 Å². The third-order valence-corrected chi connectivity index (χ3v) is 3.33. The van der Waals surface area contributed by atoms with Gasteiger partial charge in [0.15, 0.2) is 0 Å². The Balaban J connectivity index is 2.27. The molecule has 0 saturated carbocycles. The molecule has 1 saturated heterocycles. The van der Waals surface area contributed by atoms with Crippen molar-refractivity contribution < 1.29 is 14.5 Å². The Bertz CT molecular complexity index is 545. The van der Waals surface area contributed by atoms with Crippen LogP contribution in [-0.4, -0.2) is 35.7 Å². The highest BCUT2D eigenvalue weighted by molar-refractivity contribution is 5.88. The van der Waals surface area contributed by atoms with E-state index in [0.717, 1.165) is 13.0 Å². The van der Waals surface area contributed by atoms with Gasteiger partial charge >= 0.3 is 6.09 Å². The Morgan fingerprint density at radius 2 is 2.00 bits per heavy atom. The summed E-state index contributed by atoms with van der Waals surface area (Å²) in [7, 11) is 0. The highest BCUT2D eigenvalue weighted by atomic mass is 16.6. The average Bonchev–Trinajstić information content (AvgIpc) is 2.91. The van der Waals surface area contributed by atoms with Gasteiger partial charge in [0.1, 0.15) is 5.60 Å². The summed E-state index contributed by atoms with van der Waals surface area (Å²) in [4.78, 5) is 24.4. The zero-order chi connectivity index (χ0) is 16.3. The summed E-state index contributed by atoms with van der Waals surface area (Å²) in [5.41, 5.74) is 0.00767. The zero-order valence-electron chi connectivity index (χ0n) is 13.0. The Morgan fingerprint density at radius 3 is 2.45 bits per heavy atom. The van der Waals surface area contributed by atoms with E-state index < -0.39 is 16.6 Å². The molecule has 1 N–H and O–H groups in total. The number of hydrogen-bond acceptors (Lipinski definition) is 5. The van der Waals surface area contributed by atoms with Gasteiger partial charge in [0.25, 0.3) is 5.69 Å². The van der Waals surface area contributed by atoms with E-state index in [2.05, 4.69) is 5.32 Å². The normalized spacial score (nSPS) is 18.0. The molecule has 22 heavy (non-hydrogen) atoms. The van der Waals surface area contributed by atoms with Crippen molar-refractivity contribution in [3.63, 3.8) is 0 Å². The minimum Gasteiger partial charge on any atom is -0.443 e. The first-order valence-corrected chi connectivity index (χ1v) is 7.25. The SMILES string of the molecule is CC(C)(C)OC(=O)N(c1ccc([N+](=O)[O-])cc1)C1CCNC1. The van der Waals surface area contributed by atoms with Crippen molar-refractivity contribution in [1.82, 2.24) is 5.32 Å². The Kier molecular flexibility index (Phi) is 4.65. The smallest absolute Gasteiger partial charge is 0.415 e. The standard InChI is InChI=1S/C15H21N3O4/c1-15(2,3)22-14(19)17(13-8-9-16-10-13)11-4-6-12(7-5-11)18(20)21/h4-7,13,16H,8-10H2,1-3H3. The number of ether oxygens (including phenoxy) is 1.